The molecule has 2 bridgehead atoms. The van der Waals surface area contributed by atoms with Gasteiger partial charge in [-0.25, -0.2) is 0 Å². The first-order valence-electron chi connectivity index (χ1n) is 13.8. The Hall–Kier alpha value is -2.91. The van der Waals surface area contributed by atoms with E-state index in [-0.39, 0.29) is 17.6 Å². The van der Waals surface area contributed by atoms with E-state index in [1.54, 1.807) is 0 Å². The number of fused-ring (bicyclic) bond motifs is 3. The van der Waals surface area contributed by atoms with Crippen molar-refractivity contribution in [2.75, 3.05) is 13.1 Å². The summed E-state index contributed by atoms with van der Waals surface area (Å²) in [4.78, 5) is 16.1. The van der Waals surface area contributed by atoms with Gasteiger partial charge < -0.3 is 4.74 Å². The second-order valence-corrected chi connectivity index (χ2v) is 11.2. The highest BCUT2D eigenvalue weighted by Crippen LogP contribution is 2.60. The van der Waals surface area contributed by atoms with Crippen molar-refractivity contribution in [3.8, 4) is 0 Å². The van der Waals surface area contributed by atoms with Gasteiger partial charge in [0.2, 0.25) is 0 Å². The van der Waals surface area contributed by atoms with Crippen LogP contribution in [0.4, 0.5) is 0 Å². The van der Waals surface area contributed by atoms with Crippen molar-refractivity contribution in [1.82, 2.24) is 4.90 Å². The van der Waals surface area contributed by atoms with Crippen molar-refractivity contribution >= 4 is 5.97 Å². The zero-order valence-electron chi connectivity index (χ0n) is 21.1. The van der Waals surface area contributed by atoms with Crippen LogP contribution in [0.1, 0.15) is 67.1 Å². The van der Waals surface area contributed by atoms with Gasteiger partial charge in [0.1, 0.15) is 6.10 Å². The van der Waals surface area contributed by atoms with E-state index in [1.807, 2.05) is 30.3 Å². The fourth-order valence-corrected chi connectivity index (χ4v) is 7.58. The Labute approximate surface area is 215 Å². The summed E-state index contributed by atoms with van der Waals surface area (Å²) in [6.45, 7) is 2.33. The summed E-state index contributed by atoms with van der Waals surface area (Å²) in [6.07, 6.45) is 7.44. The number of ether oxygens (including phenoxy) is 1. The lowest BCUT2D eigenvalue weighted by molar-refractivity contribution is -0.169. The Morgan fingerprint density at radius 1 is 0.722 bits per heavy atom. The van der Waals surface area contributed by atoms with Crippen LogP contribution >= 0.6 is 0 Å². The van der Waals surface area contributed by atoms with E-state index in [9.17, 15) is 4.79 Å². The molecule has 3 heteroatoms. The van der Waals surface area contributed by atoms with Gasteiger partial charge in [-0.1, -0.05) is 97.4 Å². The van der Waals surface area contributed by atoms with Crippen LogP contribution in [0.2, 0.25) is 0 Å². The molecule has 0 aromatic heterocycles. The molecule has 3 atom stereocenters. The maximum atomic E-state index is 13.3. The zero-order chi connectivity index (χ0) is 24.4. The summed E-state index contributed by atoms with van der Waals surface area (Å²) in [5.74, 6) is 0.970. The van der Waals surface area contributed by atoms with Crippen LogP contribution in [-0.2, 0) is 16.0 Å². The number of likely N-dealkylation sites (tertiary alicyclic amines) is 1. The van der Waals surface area contributed by atoms with Crippen molar-refractivity contribution in [3.63, 3.8) is 0 Å². The summed E-state index contributed by atoms with van der Waals surface area (Å²) in [6, 6.07) is 32.1. The molecular weight excluding hydrogens is 442 g/mol. The normalized spacial score (nSPS) is 30.1. The average Bonchev–Trinajstić information content (AvgIpc) is 2.95. The molecule has 1 aliphatic heterocycles. The van der Waals surface area contributed by atoms with Gasteiger partial charge in [0.05, 0.1) is 6.42 Å². The minimum absolute atomic E-state index is 0.0685. The first-order chi connectivity index (χ1) is 17.7. The van der Waals surface area contributed by atoms with Crippen LogP contribution in [0.25, 0.3) is 0 Å². The smallest absolute Gasteiger partial charge is 0.310 e. The van der Waals surface area contributed by atoms with E-state index in [0.717, 1.165) is 24.8 Å². The molecule has 3 saturated carbocycles. The molecule has 0 radical (unpaired) electrons. The molecule has 0 spiro atoms. The molecule has 4 aliphatic rings. The molecule has 0 N–H and O–H groups in total. The van der Waals surface area contributed by atoms with Crippen molar-refractivity contribution in [2.45, 2.75) is 68.4 Å². The van der Waals surface area contributed by atoms with Gasteiger partial charge in [-0.2, -0.15) is 0 Å². The van der Waals surface area contributed by atoms with Crippen LogP contribution in [0.3, 0.4) is 0 Å². The Balaban J connectivity index is 1.38. The third-order valence-electron chi connectivity index (χ3n) is 9.10. The summed E-state index contributed by atoms with van der Waals surface area (Å²) >= 11 is 0. The lowest BCUT2D eigenvalue weighted by Crippen LogP contribution is -2.64. The largest absolute Gasteiger partial charge is 0.462 e. The van der Waals surface area contributed by atoms with Gasteiger partial charge in [-0.3, -0.25) is 9.69 Å². The van der Waals surface area contributed by atoms with Crippen LogP contribution in [0.5, 0.6) is 0 Å². The predicted octanol–water partition coefficient (Wildman–Crippen LogP) is 6.75. The maximum absolute atomic E-state index is 13.3. The van der Waals surface area contributed by atoms with Crippen molar-refractivity contribution < 1.29 is 9.53 Å². The van der Waals surface area contributed by atoms with Gasteiger partial charge >= 0.3 is 5.97 Å². The Morgan fingerprint density at radius 2 is 1.25 bits per heavy atom. The van der Waals surface area contributed by atoms with Crippen LogP contribution in [-0.4, -0.2) is 35.6 Å². The number of benzene rings is 3. The van der Waals surface area contributed by atoms with E-state index in [2.05, 4.69) is 65.6 Å². The molecule has 3 aliphatic carbocycles. The fourth-order valence-electron chi connectivity index (χ4n) is 7.58. The summed E-state index contributed by atoms with van der Waals surface area (Å²) in [5.41, 5.74) is 3.89. The van der Waals surface area contributed by atoms with Crippen molar-refractivity contribution in [3.05, 3.63) is 108 Å². The zero-order valence-corrected chi connectivity index (χ0v) is 21.1. The molecule has 0 unspecified atom stereocenters. The Bertz CT molecular complexity index is 1090. The number of hydrogen-bond acceptors (Lipinski definition) is 3. The first kappa shape index (κ1) is 23.5. The molecule has 36 heavy (non-hydrogen) atoms. The second kappa shape index (κ2) is 10.2. The standard InChI is InChI=1S/C33H37NO2/c35-31(21-25-13-5-1-6-14-25)36-30-24-33(34-19-11-4-12-20-34)22-28(26-15-7-2-8-16-26)32(30)29(23-33)27-17-9-3-10-18-27/h1-3,5-10,13-18,28-30,32H,4,11-12,19-24H2/t28-,29-,30+,32?,33?/m0/s1. The quantitative estimate of drug-likeness (QED) is 0.366. The third-order valence-corrected chi connectivity index (χ3v) is 9.10. The highest BCUT2D eigenvalue weighted by Gasteiger charge is 2.59. The lowest BCUT2D eigenvalue weighted by atomic mass is 9.51. The number of hydrogen-bond donors (Lipinski definition) is 0. The maximum Gasteiger partial charge on any atom is 0.310 e. The molecule has 3 aromatic rings. The van der Waals surface area contributed by atoms with E-state index >= 15 is 0 Å². The molecular formula is C33H37NO2. The molecule has 0 amide bonds. The highest BCUT2D eigenvalue weighted by atomic mass is 16.5. The van der Waals surface area contributed by atoms with E-state index in [1.165, 1.54) is 43.5 Å². The van der Waals surface area contributed by atoms with E-state index < -0.39 is 0 Å². The number of carbonyl (C=O) groups excluding carboxylic acids is 1. The average molecular weight is 480 g/mol. The van der Waals surface area contributed by atoms with Crippen LogP contribution in [0.15, 0.2) is 91.0 Å². The monoisotopic (exact) mass is 479 g/mol. The minimum atomic E-state index is -0.0915. The van der Waals surface area contributed by atoms with Crippen molar-refractivity contribution in [1.29, 1.82) is 0 Å². The van der Waals surface area contributed by atoms with E-state index in [0.29, 0.717) is 24.2 Å². The molecule has 7 rings (SSSR count). The first-order valence-corrected chi connectivity index (χ1v) is 13.8. The molecule has 1 heterocycles. The van der Waals surface area contributed by atoms with Gasteiger partial charge in [0.25, 0.3) is 0 Å². The van der Waals surface area contributed by atoms with Gasteiger partial charge in [0, 0.05) is 17.9 Å². The molecule has 3 nitrogen and oxygen atoms in total. The topological polar surface area (TPSA) is 29.5 Å². The number of carbonyl (C=O) groups is 1. The molecule has 4 fully saturated rings. The predicted molar refractivity (Wildman–Crippen MR) is 144 cm³/mol. The second-order valence-electron chi connectivity index (χ2n) is 11.2. The number of piperidine rings is 1. The van der Waals surface area contributed by atoms with E-state index in [4.69, 9.17) is 4.74 Å². The SMILES string of the molecule is O=C(Cc1ccccc1)O[C@@H]1CC2(N3CCCCC3)C[C@@H](c3ccccc3)C1[C@H](c1ccccc1)C2. The fraction of sp³-hybridized carbons (Fsp3) is 0.424. The summed E-state index contributed by atoms with van der Waals surface area (Å²) < 4.78 is 6.48. The summed E-state index contributed by atoms with van der Waals surface area (Å²) in [5, 5.41) is 0. The Morgan fingerprint density at radius 3 is 1.81 bits per heavy atom. The van der Waals surface area contributed by atoms with Gasteiger partial charge in [0.15, 0.2) is 0 Å². The number of nitrogens with zero attached hydrogens (tertiary/aromatic N) is 1. The van der Waals surface area contributed by atoms with Crippen molar-refractivity contribution in [2.24, 2.45) is 5.92 Å². The van der Waals surface area contributed by atoms with Gasteiger partial charge in [-0.05, 0) is 67.3 Å². The lowest BCUT2D eigenvalue weighted by Gasteiger charge is -2.62. The highest BCUT2D eigenvalue weighted by molar-refractivity contribution is 5.72. The number of esters is 1. The molecule has 3 aromatic carbocycles. The third kappa shape index (κ3) is 4.62. The Kier molecular flexibility index (Phi) is 6.67. The molecule has 1 saturated heterocycles. The number of rotatable bonds is 6. The van der Waals surface area contributed by atoms with Crippen LogP contribution < -0.4 is 0 Å². The van der Waals surface area contributed by atoms with Gasteiger partial charge in [-0.15, -0.1) is 0 Å². The van der Waals surface area contributed by atoms with Crippen LogP contribution in [0, 0.1) is 5.92 Å². The summed E-state index contributed by atoms with van der Waals surface area (Å²) in [7, 11) is 0. The minimum Gasteiger partial charge on any atom is -0.462 e. The molecule has 186 valence electrons.